The van der Waals surface area contributed by atoms with Crippen LogP contribution in [-0.4, -0.2) is 5.78 Å². The second kappa shape index (κ2) is 4.51. The molecule has 0 amide bonds. The Bertz CT molecular complexity index is 263. The summed E-state index contributed by atoms with van der Waals surface area (Å²) in [6.07, 6.45) is 9.69. The van der Waals surface area contributed by atoms with Gasteiger partial charge in [0.1, 0.15) is 5.78 Å². The van der Waals surface area contributed by atoms with E-state index in [9.17, 15) is 4.79 Å². The minimum Gasteiger partial charge on any atom is -0.298 e. The fourth-order valence-electron chi connectivity index (χ4n) is 2.56. The monoisotopic (exact) mass is 208 g/mol. The van der Waals surface area contributed by atoms with Crippen molar-refractivity contribution < 1.29 is 4.79 Å². The van der Waals surface area contributed by atoms with Gasteiger partial charge in [-0.1, -0.05) is 39.8 Å². The van der Waals surface area contributed by atoms with Crippen molar-refractivity contribution in [1.82, 2.24) is 0 Å². The lowest BCUT2D eigenvalue weighted by molar-refractivity contribution is -0.132. The van der Waals surface area contributed by atoms with Gasteiger partial charge in [0.25, 0.3) is 0 Å². The van der Waals surface area contributed by atoms with Crippen LogP contribution >= 0.6 is 0 Å². The highest BCUT2D eigenvalue weighted by Gasteiger charge is 2.47. The van der Waals surface area contributed by atoms with Gasteiger partial charge in [-0.25, -0.2) is 0 Å². The molecule has 1 unspecified atom stereocenters. The van der Waals surface area contributed by atoms with Gasteiger partial charge in [0.15, 0.2) is 0 Å². The van der Waals surface area contributed by atoms with Gasteiger partial charge in [-0.05, 0) is 32.1 Å². The predicted octanol–water partition coefficient (Wildman–Crippen LogP) is 4.13. The Hall–Kier alpha value is -0.590. The summed E-state index contributed by atoms with van der Waals surface area (Å²) in [5, 5.41) is 0. The third-order valence-corrected chi connectivity index (χ3v) is 3.73. The number of Topliss-reactive ketones (excluding diaryl/α,β-unsaturated/α-hetero) is 1. The van der Waals surface area contributed by atoms with Crippen molar-refractivity contribution in [2.24, 2.45) is 10.8 Å². The molecule has 1 fully saturated rings. The van der Waals surface area contributed by atoms with E-state index in [4.69, 9.17) is 0 Å². The van der Waals surface area contributed by atoms with E-state index in [0.29, 0.717) is 5.78 Å². The first-order valence-corrected chi connectivity index (χ1v) is 6.12. The summed E-state index contributed by atoms with van der Waals surface area (Å²) in [5.41, 5.74) is -0.134. The topological polar surface area (TPSA) is 17.1 Å². The molecule has 86 valence electrons. The predicted molar refractivity (Wildman–Crippen MR) is 64.8 cm³/mol. The summed E-state index contributed by atoms with van der Waals surface area (Å²) in [5.74, 6) is 0.472. The molecule has 0 radical (unpaired) electrons. The highest BCUT2D eigenvalue weighted by molar-refractivity contribution is 5.91. The van der Waals surface area contributed by atoms with Crippen molar-refractivity contribution in [3.05, 3.63) is 12.2 Å². The Morgan fingerprint density at radius 1 is 1.20 bits per heavy atom. The van der Waals surface area contributed by atoms with Gasteiger partial charge in [0.05, 0.1) is 0 Å². The van der Waals surface area contributed by atoms with E-state index in [0.717, 1.165) is 32.1 Å². The third kappa shape index (κ3) is 2.70. The number of carbonyl (C=O) groups excluding carboxylic acids is 1. The first-order valence-electron chi connectivity index (χ1n) is 6.12. The molecule has 0 N–H and O–H groups in total. The highest BCUT2D eigenvalue weighted by Crippen LogP contribution is 2.47. The summed E-state index contributed by atoms with van der Waals surface area (Å²) >= 11 is 0. The van der Waals surface area contributed by atoms with E-state index in [1.165, 1.54) is 0 Å². The van der Waals surface area contributed by atoms with Crippen molar-refractivity contribution in [2.75, 3.05) is 0 Å². The molecule has 0 aromatic heterocycles. The maximum Gasteiger partial charge on any atom is 0.144 e. The van der Waals surface area contributed by atoms with Crippen LogP contribution in [0.1, 0.15) is 59.8 Å². The van der Waals surface area contributed by atoms with Crippen molar-refractivity contribution in [1.29, 1.82) is 0 Å². The number of rotatable bonds is 4. The lowest BCUT2D eigenvalue weighted by Gasteiger charge is -2.24. The summed E-state index contributed by atoms with van der Waals surface area (Å²) in [7, 11) is 0. The van der Waals surface area contributed by atoms with Crippen molar-refractivity contribution in [3.63, 3.8) is 0 Å². The fraction of sp³-hybridized carbons (Fsp3) is 0.786. The molecule has 1 nitrogen and oxygen atoms in total. The van der Waals surface area contributed by atoms with Crippen LogP contribution in [0.15, 0.2) is 12.2 Å². The molecule has 0 aromatic rings. The molecule has 1 rings (SSSR count). The van der Waals surface area contributed by atoms with Gasteiger partial charge >= 0.3 is 0 Å². The molecule has 0 heterocycles. The van der Waals surface area contributed by atoms with Crippen molar-refractivity contribution in [2.45, 2.75) is 59.8 Å². The van der Waals surface area contributed by atoms with Gasteiger partial charge in [0.2, 0.25) is 0 Å². The number of carbonyl (C=O) groups is 1. The second-order valence-electron chi connectivity index (χ2n) is 5.69. The van der Waals surface area contributed by atoms with Gasteiger partial charge in [-0.15, -0.1) is 0 Å². The largest absolute Gasteiger partial charge is 0.298 e. The van der Waals surface area contributed by atoms with Crippen LogP contribution in [0.2, 0.25) is 0 Å². The average Bonchev–Trinajstić information content (AvgIpc) is 2.39. The lowest BCUT2D eigenvalue weighted by atomic mass is 9.78. The first kappa shape index (κ1) is 12.5. The van der Waals surface area contributed by atoms with Crippen LogP contribution in [0, 0.1) is 10.8 Å². The zero-order valence-electron chi connectivity index (χ0n) is 10.6. The van der Waals surface area contributed by atoms with Crippen LogP contribution < -0.4 is 0 Å². The molecule has 1 saturated carbocycles. The number of hydrogen-bond donors (Lipinski definition) is 0. The van der Waals surface area contributed by atoms with Crippen LogP contribution in [-0.2, 0) is 4.79 Å². The maximum absolute atomic E-state index is 12.2. The quantitative estimate of drug-likeness (QED) is 0.635. The Kier molecular flexibility index (Phi) is 3.75. The second-order valence-corrected chi connectivity index (χ2v) is 5.69. The summed E-state index contributed by atoms with van der Waals surface area (Å²) < 4.78 is 0. The molecule has 0 saturated heterocycles. The van der Waals surface area contributed by atoms with Crippen LogP contribution in [0.4, 0.5) is 0 Å². The zero-order chi connectivity index (χ0) is 11.5. The molecular weight excluding hydrogens is 184 g/mol. The van der Waals surface area contributed by atoms with Gasteiger partial charge in [-0.3, -0.25) is 4.79 Å². The molecule has 0 spiro atoms. The van der Waals surface area contributed by atoms with E-state index < -0.39 is 0 Å². The molecule has 0 aliphatic heterocycles. The minimum atomic E-state index is -0.0801. The van der Waals surface area contributed by atoms with Crippen molar-refractivity contribution in [3.8, 4) is 0 Å². The summed E-state index contributed by atoms with van der Waals surface area (Å²) in [4.78, 5) is 12.2. The standard InChI is InChI=1S/C14H24O/c1-5-6-7-8-9-14(4)11-10-13(2,3)12(14)15/h6-7H,5,8-11H2,1-4H3. The molecule has 15 heavy (non-hydrogen) atoms. The number of ketones is 1. The molecule has 1 atom stereocenters. The Morgan fingerprint density at radius 2 is 1.87 bits per heavy atom. The molecule has 0 bridgehead atoms. The number of hydrogen-bond acceptors (Lipinski definition) is 1. The normalized spacial score (nSPS) is 30.3. The Labute approximate surface area is 93.9 Å². The molecule has 1 heteroatoms. The summed E-state index contributed by atoms with van der Waals surface area (Å²) in [6, 6.07) is 0. The molecule has 0 aromatic carbocycles. The third-order valence-electron chi connectivity index (χ3n) is 3.73. The van der Waals surface area contributed by atoms with Crippen LogP contribution in [0.5, 0.6) is 0 Å². The molecule has 1 aliphatic rings. The van der Waals surface area contributed by atoms with Crippen LogP contribution in [0.3, 0.4) is 0 Å². The van der Waals surface area contributed by atoms with E-state index in [1.807, 2.05) is 0 Å². The maximum atomic E-state index is 12.2. The Morgan fingerprint density at radius 3 is 2.33 bits per heavy atom. The zero-order valence-corrected chi connectivity index (χ0v) is 10.6. The average molecular weight is 208 g/mol. The number of allylic oxidation sites excluding steroid dienone is 2. The Balaban J connectivity index is 2.54. The molecule has 1 aliphatic carbocycles. The van der Waals surface area contributed by atoms with Gasteiger partial charge < -0.3 is 0 Å². The lowest BCUT2D eigenvalue weighted by Crippen LogP contribution is -2.29. The van der Waals surface area contributed by atoms with E-state index in [1.54, 1.807) is 0 Å². The summed E-state index contributed by atoms with van der Waals surface area (Å²) in [6.45, 7) is 8.46. The van der Waals surface area contributed by atoms with Crippen molar-refractivity contribution >= 4 is 5.78 Å². The van der Waals surface area contributed by atoms with Crippen LogP contribution in [0.25, 0.3) is 0 Å². The van der Waals surface area contributed by atoms with E-state index in [2.05, 4.69) is 39.8 Å². The van der Waals surface area contributed by atoms with Gasteiger partial charge in [0, 0.05) is 10.8 Å². The smallest absolute Gasteiger partial charge is 0.144 e. The first-order chi connectivity index (χ1) is 6.92. The highest BCUT2D eigenvalue weighted by atomic mass is 16.1. The van der Waals surface area contributed by atoms with E-state index >= 15 is 0 Å². The van der Waals surface area contributed by atoms with E-state index in [-0.39, 0.29) is 10.8 Å². The van der Waals surface area contributed by atoms with Gasteiger partial charge in [-0.2, -0.15) is 0 Å². The fourth-order valence-corrected chi connectivity index (χ4v) is 2.56. The SMILES string of the molecule is CCC=CCCC1(C)CCC(C)(C)C1=O. The minimum absolute atomic E-state index is 0.0540. The molecular formula is C14H24O.